The van der Waals surface area contributed by atoms with Crippen LogP contribution in [0.4, 0.5) is 8.78 Å². The molecule has 1 rings (SSSR count). The van der Waals surface area contributed by atoms with Crippen LogP contribution >= 0.6 is 0 Å². The van der Waals surface area contributed by atoms with Crippen LogP contribution in [0.5, 0.6) is 0 Å². The minimum atomic E-state index is -1.01. The first kappa shape index (κ1) is 15.1. The zero-order chi connectivity index (χ0) is 14.6. The van der Waals surface area contributed by atoms with E-state index >= 15 is 0 Å². The SMILES string of the molecule is C[C@@H](CN(C)C(=O)Cc1ccc(F)cc1F)C(=O)O. The fourth-order valence-electron chi connectivity index (χ4n) is 1.55. The van der Waals surface area contributed by atoms with Gasteiger partial charge < -0.3 is 10.0 Å². The van der Waals surface area contributed by atoms with Crippen molar-refractivity contribution < 1.29 is 23.5 Å². The number of amides is 1. The molecule has 1 aromatic carbocycles. The van der Waals surface area contributed by atoms with Crippen LogP contribution in [-0.2, 0) is 16.0 Å². The first-order valence-corrected chi connectivity index (χ1v) is 5.72. The molecule has 1 atom stereocenters. The molecule has 1 N–H and O–H groups in total. The van der Waals surface area contributed by atoms with E-state index in [1.54, 1.807) is 0 Å². The number of carboxylic acid groups (broad SMARTS) is 1. The van der Waals surface area contributed by atoms with E-state index in [2.05, 4.69) is 0 Å². The molecule has 0 saturated carbocycles. The van der Waals surface area contributed by atoms with E-state index in [0.717, 1.165) is 6.07 Å². The number of carboxylic acids is 1. The van der Waals surface area contributed by atoms with E-state index in [9.17, 15) is 18.4 Å². The Bertz CT molecular complexity index is 491. The largest absolute Gasteiger partial charge is 0.481 e. The smallest absolute Gasteiger partial charge is 0.308 e. The van der Waals surface area contributed by atoms with Gasteiger partial charge in [0.2, 0.25) is 5.91 Å². The van der Waals surface area contributed by atoms with Gasteiger partial charge in [-0.25, -0.2) is 8.78 Å². The maximum atomic E-state index is 13.4. The molecule has 6 heteroatoms. The van der Waals surface area contributed by atoms with Gasteiger partial charge in [0.05, 0.1) is 12.3 Å². The molecular formula is C13H15F2NO3. The van der Waals surface area contributed by atoms with Crippen LogP contribution in [-0.4, -0.2) is 35.5 Å². The maximum Gasteiger partial charge on any atom is 0.308 e. The van der Waals surface area contributed by atoms with Crippen LogP contribution in [0.3, 0.4) is 0 Å². The highest BCUT2D eigenvalue weighted by Crippen LogP contribution is 2.11. The van der Waals surface area contributed by atoms with E-state index in [-0.39, 0.29) is 18.5 Å². The number of benzene rings is 1. The lowest BCUT2D eigenvalue weighted by molar-refractivity contribution is -0.142. The highest BCUT2D eigenvalue weighted by Gasteiger charge is 2.18. The molecular weight excluding hydrogens is 256 g/mol. The topological polar surface area (TPSA) is 57.6 Å². The number of carbonyl (C=O) groups is 2. The summed E-state index contributed by atoms with van der Waals surface area (Å²) in [5, 5.41) is 8.74. The number of nitrogens with zero attached hydrogens (tertiary/aromatic N) is 1. The molecule has 0 saturated heterocycles. The van der Waals surface area contributed by atoms with Crippen molar-refractivity contribution in [2.24, 2.45) is 5.92 Å². The number of hydrogen-bond acceptors (Lipinski definition) is 2. The van der Waals surface area contributed by atoms with E-state index in [4.69, 9.17) is 5.11 Å². The minimum Gasteiger partial charge on any atom is -0.481 e. The molecule has 0 radical (unpaired) electrons. The molecule has 0 aliphatic heterocycles. The van der Waals surface area contributed by atoms with Gasteiger partial charge in [0.15, 0.2) is 0 Å². The zero-order valence-electron chi connectivity index (χ0n) is 10.7. The molecule has 0 aliphatic rings. The number of rotatable bonds is 5. The van der Waals surface area contributed by atoms with Crippen molar-refractivity contribution in [3.63, 3.8) is 0 Å². The summed E-state index contributed by atoms with van der Waals surface area (Å²) in [5.74, 6) is -3.62. The first-order valence-electron chi connectivity index (χ1n) is 5.72. The second-order valence-corrected chi connectivity index (χ2v) is 4.43. The molecule has 0 bridgehead atoms. The van der Waals surface area contributed by atoms with Gasteiger partial charge in [-0.3, -0.25) is 9.59 Å². The molecule has 0 heterocycles. The predicted octanol–water partition coefficient (Wildman–Crippen LogP) is 1.69. The molecule has 0 fully saturated rings. The number of halogens is 2. The van der Waals surface area contributed by atoms with Crippen molar-refractivity contribution in [2.75, 3.05) is 13.6 Å². The molecule has 19 heavy (non-hydrogen) atoms. The quantitative estimate of drug-likeness (QED) is 0.886. The van der Waals surface area contributed by atoms with Crippen molar-refractivity contribution in [3.05, 3.63) is 35.4 Å². The highest BCUT2D eigenvalue weighted by molar-refractivity contribution is 5.79. The lowest BCUT2D eigenvalue weighted by Crippen LogP contribution is -2.34. The Kier molecular flexibility index (Phi) is 4.97. The average Bonchev–Trinajstić information content (AvgIpc) is 2.32. The van der Waals surface area contributed by atoms with Gasteiger partial charge in [-0.1, -0.05) is 13.0 Å². The summed E-state index contributed by atoms with van der Waals surface area (Å²) in [7, 11) is 1.45. The summed E-state index contributed by atoms with van der Waals surface area (Å²) in [5.41, 5.74) is 0.0845. The van der Waals surface area contributed by atoms with Gasteiger partial charge in [0.1, 0.15) is 11.6 Å². The molecule has 4 nitrogen and oxygen atoms in total. The van der Waals surface area contributed by atoms with Crippen LogP contribution < -0.4 is 0 Å². The monoisotopic (exact) mass is 271 g/mol. The Morgan fingerprint density at radius 2 is 2.00 bits per heavy atom. The Morgan fingerprint density at radius 3 is 2.53 bits per heavy atom. The van der Waals surface area contributed by atoms with Crippen molar-refractivity contribution in [2.45, 2.75) is 13.3 Å². The third-order valence-corrected chi connectivity index (χ3v) is 2.75. The molecule has 1 aromatic rings. The number of carbonyl (C=O) groups excluding carboxylic acids is 1. The van der Waals surface area contributed by atoms with Crippen LogP contribution in [0.25, 0.3) is 0 Å². The molecule has 1 amide bonds. The maximum absolute atomic E-state index is 13.4. The van der Waals surface area contributed by atoms with Crippen LogP contribution in [0, 0.1) is 17.6 Å². The standard InChI is InChI=1S/C13H15F2NO3/c1-8(13(18)19)7-16(2)12(17)5-9-3-4-10(14)6-11(9)15/h3-4,6,8H,5,7H2,1-2H3,(H,18,19)/t8-/m0/s1. The van der Waals surface area contributed by atoms with E-state index in [0.29, 0.717) is 6.07 Å². The molecule has 0 aliphatic carbocycles. The van der Waals surface area contributed by atoms with Gasteiger partial charge >= 0.3 is 5.97 Å². The molecule has 104 valence electrons. The van der Waals surface area contributed by atoms with E-state index in [1.165, 1.54) is 24.9 Å². The second kappa shape index (κ2) is 6.26. The summed E-state index contributed by atoms with van der Waals surface area (Å²) in [6, 6.07) is 2.99. The Labute approximate surface area is 109 Å². The van der Waals surface area contributed by atoms with E-state index < -0.39 is 29.4 Å². The van der Waals surface area contributed by atoms with Gasteiger partial charge in [0.25, 0.3) is 0 Å². The van der Waals surface area contributed by atoms with Gasteiger partial charge in [-0.05, 0) is 11.6 Å². The lowest BCUT2D eigenvalue weighted by atomic mass is 10.1. The normalized spacial score (nSPS) is 12.0. The summed E-state index contributed by atoms with van der Waals surface area (Å²) < 4.78 is 26.1. The number of hydrogen-bond donors (Lipinski definition) is 1. The third kappa shape index (κ3) is 4.31. The fraction of sp³-hybridized carbons (Fsp3) is 0.385. The highest BCUT2D eigenvalue weighted by atomic mass is 19.1. The lowest BCUT2D eigenvalue weighted by Gasteiger charge is -2.19. The fourth-order valence-corrected chi connectivity index (χ4v) is 1.55. The van der Waals surface area contributed by atoms with Crippen LogP contribution in [0.1, 0.15) is 12.5 Å². The second-order valence-electron chi connectivity index (χ2n) is 4.43. The molecule has 0 aromatic heterocycles. The summed E-state index contributed by atoms with van der Waals surface area (Å²) >= 11 is 0. The Morgan fingerprint density at radius 1 is 1.37 bits per heavy atom. The van der Waals surface area contributed by atoms with Crippen molar-refractivity contribution in [1.82, 2.24) is 4.90 Å². The van der Waals surface area contributed by atoms with Crippen molar-refractivity contribution >= 4 is 11.9 Å². The molecule has 0 spiro atoms. The summed E-state index contributed by atoms with van der Waals surface area (Å²) in [4.78, 5) is 23.7. The third-order valence-electron chi connectivity index (χ3n) is 2.75. The molecule has 0 unspecified atom stereocenters. The van der Waals surface area contributed by atoms with Gasteiger partial charge in [-0.2, -0.15) is 0 Å². The van der Waals surface area contributed by atoms with Crippen molar-refractivity contribution in [3.8, 4) is 0 Å². The number of aliphatic carboxylic acids is 1. The Hall–Kier alpha value is -1.98. The minimum absolute atomic E-state index is 0.0387. The number of likely N-dealkylation sites (N-methyl/N-ethyl adjacent to an activating group) is 1. The van der Waals surface area contributed by atoms with Gasteiger partial charge in [-0.15, -0.1) is 0 Å². The average molecular weight is 271 g/mol. The first-order chi connectivity index (χ1) is 8.81. The van der Waals surface area contributed by atoms with Crippen molar-refractivity contribution in [1.29, 1.82) is 0 Å². The zero-order valence-corrected chi connectivity index (χ0v) is 10.7. The summed E-state index contributed by atoms with van der Waals surface area (Å²) in [6.07, 6.45) is -0.227. The predicted molar refractivity (Wildman–Crippen MR) is 64.5 cm³/mol. The summed E-state index contributed by atoms with van der Waals surface area (Å²) in [6.45, 7) is 1.52. The van der Waals surface area contributed by atoms with E-state index in [1.807, 2.05) is 0 Å². The van der Waals surface area contributed by atoms with Gasteiger partial charge in [0, 0.05) is 19.7 Å². The van der Waals surface area contributed by atoms with Crippen LogP contribution in [0.2, 0.25) is 0 Å². The Balaban J connectivity index is 2.66. The van der Waals surface area contributed by atoms with Crippen LogP contribution in [0.15, 0.2) is 18.2 Å².